The summed E-state index contributed by atoms with van der Waals surface area (Å²) in [5.41, 5.74) is -0.250. The second-order valence-corrected chi connectivity index (χ2v) is 3.87. The molecule has 1 atom stereocenters. The maximum atomic E-state index is 12.0. The summed E-state index contributed by atoms with van der Waals surface area (Å²) < 4.78 is 0. The Bertz CT molecular complexity index is 595. The Morgan fingerprint density at radius 1 is 1.37 bits per heavy atom. The number of aromatic amines is 1. The predicted octanol–water partition coefficient (Wildman–Crippen LogP) is 0.994. The lowest BCUT2D eigenvalue weighted by atomic mass is 10.1. The van der Waals surface area contributed by atoms with Crippen LogP contribution in [0.25, 0.3) is 0 Å². The van der Waals surface area contributed by atoms with Gasteiger partial charge in [0.05, 0.1) is 11.6 Å². The van der Waals surface area contributed by atoms with Gasteiger partial charge in [0.2, 0.25) is 0 Å². The first-order valence-corrected chi connectivity index (χ1v) is 5.58. The summed E-state index contributed by atoms with van der Waals surface area (Å²) in [5, 5.41) is 11.6. The summed E-state index contributed by atoms with van der Waals surface area (Å²) in [6.45, 7) is 1.74. The fourth-order valence-electron chi connectivity index (χ4n) is 1.61. The molecule has 1 unspecified atom stereocenters. The second-order valence-electron chi connectivity index (χ2n) is 3.87. The maximum absolute atomic E-state index is 12.0. The monoisotopic (exact) mass is 260 g/mol. The van der Waals surface area contributed by atoms with Gasteiger partial charge in [0.15, 0.2) is 0 Å². The standard InChI is InChI=1S/C12H12N4O3/c1-7(10-14-5-6-15-10)16-11(17)9-8(12(18)19)3-2-4-13-9/h2-7H,1H3,(H,14,15)(H,16,17)(H,18,19). The first-order chi connectivity index (χ1) is 9.09. The van der Waals surface area contributed by atoms with Crippen molar-refractivity contribution in [2.45, 2.75) is 13.0 Å². The number of aromatic nitrogens is 3. The Balaban J connectivity index is 2.19. The molecule has 7 heteroatoms. The molecule has 1 amide bonds. The van der Waals surface area contributed by atoms with Crippen LogP contribution in [0.2, 0.25) is 0 Å². The average Bonchev–Trinajstić information content (AvgIpc) is 2.92. The molecule has 2 heterocycles. The molecule has 19 heavy (non-hydrogen) atoms. The SMILES string of the molecule is CC(NC(=O)c1ncccc1C(=O)O)c1ncc[nH]1. The number of H-pyrrole nitrogens is 1. The number of rotatable bonds is 4. The summed E-state index contributed by atoms with van der Waals surface area (Å²) >= 11 is 0. The van der Waals surface area contributed by atoms with Crippen LogP contribution < -0.4 is 5.32 Å². The van der Waals surface area contributed by atoms with Gasteiger partial charge in [0.25, 0.3) is 5.91 Å². The molecule has 2 aromatic heterocycles. The van der Waals surface area contributed by atoms with Crippen LogP contribution in [-0.2, 0) is 0 Å². The van der Waals surface area contributed by atoms with Gasteiger partial charge in [-0.15, -0.1) is 0 Å². The van der Waals surface area contributed by atoms with E-state index in [4.69, 9.17) is 5.11 Å². The van der Waals surface area contributed by atoms with Crippen molar-refractivity contribution >= 4 is 11.9 Å². The van der Waals surface area contributed by atoms with Crippen molar-refractivity contribution in [1.82, 2.24) is 20.3 Å². The zero-order chi connectivity index (χ0) is 13.8. The summed E-state index contributed by atoms with van der Waals surface area (Å²) in [4.78, 5) is 33.7. The average molecular weight is 260 g/mol. The number of carbonyl (C=O) groups is 2. The van der Waals surface area contributed by atoms with Gasteiger partial charge in [-0.3, -0.25) is 9.78 Å². The molecule has 0 aliphatic carbocycles. The minimum atomic E-state index is -1.19. The molecule has 0 fully saturated rings. The number of hydrogen-bond acceptors (Lipinski definition) is 4. The zero-order valence-corrected chi connectivity index (χ0v) is 10.1. The third-order valence-electron chi connectivity index (χ3n) is 2.53. The summed E-state index contributed by atoms with van der Waals surface area (Å²) in [6.07, 6.45) is 4.59. The number of carbonyl (C=O) groups excluding carboxylic acids is 1. The largest absolute Gasteiger partial charge is 0.478 e. The van der Waals surface area contributed by atoms with Gasteiger partial charge in [-0.25, -0.2) is 9.78 Å². The Morgan fingerprint density at radius 2 is 2.16 bits per heavy atom. The third kappa shape index (κ3) is 2.76. The molecular formula is C12H12N4O3. The van der Waals surface area contributed by atoms with Crippen molar-refractivity contribution in [3.8, 4) is 0 Å². The van der Waals surface area contributed by atoms with E-state index in [1.165, 1.54) is 18.3 Å². The Morgan fingerprint density at radius 3 is 2.79 bits per heavy atom. The van der Waals surface area contributed by atoms with E-state index >= 15 is 0 Å². The molecule has 98 valence electrons. The van der Waals surface area contributed by atoms with Crippen LogP contribution in [0.5, 0.6) is 0 Å². The summed E-state index contributed by atoms with van der Waals surface area (Å²) in [7, 11) is 0. The van der Waals surface area contributed by atoms with Crippen molar-refractivity contribution in [3.63, 3.8) is 0 Å². The molecule has 0 aromatic carbocycles. The van der Waals surface area contributed by atoms with Gasteiger partial charge in [0.1, 0.15) is 11.5 Å². The van der Waals surface area contributed by atoms with Crippen molar-refractivity contribution in [2.24, 2.45) is 0 Å². The lowest BCUT2D eigenvalue weighted by Gasteiger charge is -2.11. The number of imidazole rings is 1. The van der Waals surface area contributed by atoms with E-state index in [2.05, 4.69) is 20.3 Å². The molecule has 2 rings (SSSR count). The van der Waals surface area contributed by atoms with Gasteiger partial charge in [-0.1, -0.05) is 0 Å². The lowest BCUT2D eigenvalue weighted by Crippen LogP contribution is -2.29. The van der Waals surface area contributed by atoms with E-state index < -0.39 is 11.9 Å². The molecule has 0 radical (unpaired) electrons. The molecule has 0 bridgehead atoms. The molecule has 0 spiro atoms. The first-order valence-electron chi connectivity index (χ1n) is 5.58. The number of nitrogens with one attached hydrogen (secondary N) is 2. The maximum Gasteiger partial charge on any atom is 0.338 e. The molecular weight excluding hydrogens is 248 g/mol. The van der Waals surface area contributed by atoms with Gasteiger partial charge in [-0.05, 0) is 19.1 Å². The quantitative estimate of drug-likeness (QED) is 0.759. The van der Waals surface area contributed by atoms with Crippen LogP contribution in [-0.4, -0.2) is 31.9 Å². The van der Waals surface area contributed by atoms with E-state index in [1.807, 2.05) is 0 Å². The highest BCUT2D eigenvalue weighted by atomic mass is 16.4. The van der Waals surface area contributed by atoms with Gasteiger partial charge < -0.3 is 15.4 Å². The molecule has 0 saturated carbocycles. The van der Waals surface area contributed by atoms with Crippen LogP contribution >= 0.6 is 0 Å². The third-order valence-corrected chi connectivity index (χ3v) is 2.53. The lowest BCUT2D eigenvalue weighted by molar-refractivity contribution is 0.0689. The molecule has 3 N–H and O–H groups in total. The number of aromatic carboxylic acids is 1. The molecule has 2 aromatic rings. The van der Waals surface area contributed by atoms with Crippen LogP contribution in [0.3, 0.4) is 0 Å². The van der Waals surface area contributed by atoms with E-state index in [0.29, 0.717) is 5.82 Å². The van der Waals surface area contributed by atoms with E-state index in [-0.39, 0.29) is 17.3 Å². The number of nitrogens with zero attached hydrogens (tertiary/aromatic N) is 2. The van der Waals surface area contributed by atoms with Crippen LogP contribution in [0, 0.1) is 0 Å². The Hall–Kier alpha value is -2.70. The normalized spacial score (nSPS) is 11.8. The molecule has 0 aliphatic rings. The number of carboxylic acids is 1. The minimum absolute atomic E-state index is 0.117. The minimum Gasteiger partial charge on any atom is -0.478 e. The predicted molar refractivity (Wildman–Crippen MR) is 65.7 cm³/mol. The Labute approximate surface area is 108 Å². The van der Waals surface area contributed by atoms with E-state index in [0.717, 1.165) is 0 Å². The van der Waals surface area contributed by atoms with Crippen molar-refractivity contribution in [3.05, 3.63) is 47.8 Å². The highest BCUT2D eigenvalue weighted by molar-refractivity contribution is 6.03. The topological polar surface area (TPSA) is 108 Å². The van der Waals surface area contributed by atoms with Gasteiger partial charge in [-0.2, -0.15) is 0 Å². The molecule has 7 nitrogen and oxygen atoms in total. The number of pyridine rings is 1. The zero-order valence-electron chi connectivity index (χ0n) is 10.1. The molecule has 0 saturated heterocycles. The van der Waals surface area contributed by atoms with Crippen molar-refractivity contribution in [1.29, 1.82) is 0 Å². The first kappa shape index (κ1) is 12.7. The van der Waals surface area contributed by atoms with Crippen molar-refractivity contribution in [2.75, 3.05) is 0 Å². The smallest absolute Gasteiger partial charge is 0.338 e. The number of carboxylic acid groups (broad SMARTS) is 1. The van der Waals surface area contributed by atoms with E-state index in [1.54, 1.807) is 19.3 Å². The highest BCUT2D eigenvalue weighted by Crippen LogP contribution is 2.09. The number of hydrogen-bond donors (Lipinski definition) is 3. The summed E-state index contributed by atoms with van der Waals surface area (Å²) in [6, 6.07) is 2.43. The van der Waals surface area contributed by atoms with Crippen LogP contribution in [0.1, 0.15) is 39.6 Å². The fraction of sp³-hybridized carbons (Fsp3) is 0.167. The second kappa shape index (κ2) is 5.30. The van der Waals surface area contributed by atoms with Gasteiger partial charge >= 0.3 is 5.97 Å². The number of amides is 1. The molecule has 0 aliphatic heterocycles. The van der Waals surface area contributed by atoms with Gasteiger partial charge in [0, 0.05) is 18.6 Å². The fourth-order valence-corrected chi connectivity index (χ4v) is 1.61. The Kier molecular flexibility index (Phi) is 3.56. The highest BCUT2D eigenvalue weighted by Gasteiger charge is 2.20. The van der Waals surface area contributed by atoms with Crippen molar-refractivity contribution < 1.29 is 14.7 Å². The van der Waals surface area contributed by atoms with Crippen LogP contribution in [0.4, 0.5) is 0 Å². The summed E-state index contributed by atoms with van der Waals surface area (Å²) in [5.74, 6) is -1.16. The van der Waals surface area contributed by atoms with Crippen LogP contribution in [0.15, 0.2) is 30.7 Å². The van der Waals surface area contributed by atoms with E-state index in [9.17, 15) is 9.59 Å².